The van der Waals surface area contributed by atoms with Gasteiger partial charge in [0, 0.05) is 23.4 Å². The van der Waals surface area contributed by atoms with Crippen molar-refractivity contribution in [1.82, 2.24) is 10.3 Å². The van der Waals surface area contributed by atoms with E-state index < -0.39 is 0 Å². The minimum atomic E-state index is -0.176. The molecule has 1 aromatic heterocycles. The van der Waals surface area contributed by atoms with Gasteiger partial charge >= 0.3 is 0 Å². The quantitative estimate of drug-likeness (QED) is 0.900. The zero-order chi connectivity index (χ0) is 15.2. The van der Waals surface area contributed by atoms with Crippen molar-refractivity contribution in [3.05, 3.63) is 52.3 Å². The number of carbonyl (C=O) groups excluding carboxylic acids is 1. The monoisotopic (exact) mass is 350 g/mol. The third-order valence-corrected chi connectivity index (χ3v) is 3.65. The van der Waals surface area contributed by atoms with Crippen molar-refractivity contribution in [3.63, 3.8) is 0 Å². The molecular weight excluding hydrogens is 336 g/mol. The van der Waals surface area contributed by atoms with E-state index in [4.69, 9.17) is 9.47 Å². The van der Waals surface area contributed by atoms with Crippen molar-refractivity contribution in [2.45, 2.75) is 6.54 Å². The van der Waals surface area contributed by atoms with Gasteiger partial charge in [-0.1, -0.05) is 15.9 Å². The van der Waals surface area contributed by atoms with Gasteiger partial charge in [-0.25, -0.2) is 0 Å². The van der Waals surface area contributed by atoms with Crippen molar-refractivity contribution in [2.75, 3.05) is 14.2 Å². The fourth-order valence-electron chi connectivity index (χ4n) is 1.81. The van der Waals surface area contributed by atoms with E-state index in [9.17, 15) is 4.79 Å². The van der Waals surface area contributed by atoms with E-state index in [0.717, 1.165) is 10.0 Å². The summed E-state index contributed by atoms with van der Waals surface area (Å²) < 4.78 is 11.3. The average Bonchev–Trinajstić information content (AvgIpc) is 2.53. The minimum Gasteiger partial charge on any atom is -0.493 e. The first-order valence-corrected chi connectivity index (χ1v) is 7.03. The van der Waals surface area contributed by atoms with Gasteiger partial charge in [-0.15, -0.1) is 0 Å². The fourth-order valence-corrected chi connectivity index (χ4v) is 2.27. The van der Waals surface area contributed by atoms with Crippen LogP contribution < -0.4 is 14.8 Å². The Bertz CT molecular complexity index is 632. The molecular formula is C15H15BrN2O3. The highest BCUT2D eigenvalue weighted by molar-refractivity contribution is 9.10. The molecule has 1 N–H and O–H groups in total. The van der Waals surface area contributed by atoms with Crippen LogP contribution in [0.1, 0.15) is 15.9 Å². The van der Waals surface area contributed by atoms with Crippen LogP contribution in [0.25, 0.3) is 0 Å². The second-order valence-electron chi connectivity index (χ2n) is 4.22. The fraction of sp³-hybridized carbons (Fsp3) is 0.200. The van der Waals surface area contributed by atoms with Crippen molar-refractivity contribution in [3.8, 4) is 11.5 Å². The van der Waals surface area contributed by atoms with Crippen molar-refractivity contribution in [2.24, 2.45) is 0 Å². The second kappa shape index (κ2) is 7.08. The van der Waals surface area contributed by atoms with Crippen molar-refractivity contribution < 1.29 is 14.3 Å². The zero-order valence-electron chi connectivity index (χ0n) is 11.7. The number of ether oxygens (including phenoxy) is 2. The van der Waals surface area contributed by atoms with E-state index in [1.807, 2.05) is 12.1 Å². The van der Waals surface area contributed by atoms with Gasteiger partial charge < -0.3 is 14.8 Å². The van der Waals surface area contributed by atoms with Gasteiger partial charge in [0.2, 0.25) is 0 Å². The van der Waals surface area contributed by atoms with Crippen LogP contribution in [-0.2, 0) is 6.54 Å². The molecule has 0 aliphatic rings. The summed E-state index contributed by atoms with van der Waals surface area (Å²) in [6.45, 7) is 0.370. The average molecular weight is 351 g/mol. The Balaban J connectivity index is 2.11. The summed E-state index contributed by atoms with van der Waals surface area (Å²) >= 11 is 3.46. The number of hydrogen-bond acceptors (Lipinski definition) is 4. The van der Waals surface area contributed by atoms with E-state index in [-0.39, 0.29) is 5.91 Å². The lowest BCUT2D eigenvalue weighted by Crippen LogP contribution is -2.23. The zero-order valence-corrected chi connectivity index (χ0v) is 13.3. The van der Waals surface area contributed by atoms with Crippen molar-refractivity contribution >= 4 is 21.8 Å². The van der Waals surface area contributed by atoms with Crippen LogP contribution in [0.15, 0.2) is 41.1 Å². The van der Waals surface area contributed by atoms with E-state index in [0.29, 0.717) is 23.6 Å². The molecule has 2 rings (SSSR count). The Morgan fingerprint density at radius 3 is 2.62 bits per heavy atom. The Morgan fingerprint density at radius 2 is 2.00 bits per heavy atom. The Kier molecular flexibility index (Phi) is 5.16. The van der Waals surface area contributed by atoms with Crippen LogP contribution in [0.3, 0.4) is 0 Å². The molecule has 0 aliphatic heterocycles. The first-order valence-electron chi connectivity index (χ1n) is 6.24. The molecule has 21 heavy (non-hydrogen) atoms. The molecule has 0 unspecified atom stereocenters. The van der Waals surface area contributed by atoms with Gasteiger partial charge in [-0.05, 0) is 29.8 Å². The molecule has 1 amide bonds. The molecule has 2 aromatic rings. The number of amides is 1. The van der Waals surface area contributed by atoms with Crippen LogP contribution in [0, 0.1) is 0 Å². The van der Waals surface area contributed by atoms with E-state index in [1.165, 1.54) is 6.20 Å². The summed E-state index contributed by atoms with van der Waals surface area (Å²) in [6, 6.07) is 7.07. The lowest BCUT2D eigenvalue weighted by molar-refractivity contribution is 0.0950. The molecule has 0 bridgehead atoms. The molecule has 0 fully saturated rings. The molecule has 6 heteroatoms. The number of hydrogen-bond donors (Lipinski definition) is 1. The summed E-state index contributed by atoms with van der Waals surface area (Å²) in [5.41, 5.74) is 1.42. The normalized spacial score (nSPS) is 10.0. The maximum atomic E-state index is 12.0. The number of carbonyl (C=O) groups is 1. The summed E-state index contributed by atoms with van der Waals surface area (Å²) in [7, 11) is 3.15. The number of benzene rings is 1. The predicted molar refractivity (Wildman–Crippen MR) is 82.7 cm³/mol. The van der Waals surface area contributed by atoms with E-state index in [1.54, 1.807) is 32.5 Å². The molecule has 1 heterocycles. The first kappa shape index (κ1) is 15.3. The van der Waals surface area contributed by atoms with Gasteiger partial charge in [0.15, 0.2) is 11.5 Å². The maximum absolute atomic E-state index is 12.0. The number of halogens is 1. The topological polar surface area (TPSA) is 60.5 Å². The van der Waals surface area contributed by atoms with Gasteiger partial charge in [-0.2, -0.15) is 0 Å². The highest BCUT2D eigenvalue weighted by Gasteiger charge is 2.11. The van der Waals surface area contributed by atoms with Crippen LogP contribution in [-0.4, -0.2) is 25.1 Å². The number of methoxy groups -OCH3 is 2. The lowest BCUT2D eigenvalue weighted by atomic mass is 10.2. The highest BCUT2D eigenvalue weighted by Crippen LogP contribution is 2.33. The molecule has 0 saturated heterocycles. The lowest BCUT2D eigenvalue weighted by Gasteiger charge is -2.12. The van der Waals surface area contributed by atoms with E-state index in [2.05, 4.69) is 26.2 Å². The summed E-state index contributed by atoms with van der Waals surface area (Å²) in [5.74, 6) is 1.07. The molecule has 0 radical (unpaired) electrons. The summed E-state index contributed by atoms with van der Waals surface area (Å²) in [4.78, 5) is 15.9. The molecule has 5 nitrogen and oxygen atoms in total. The smallest absolute Gasteiger partial charge is 0.253 e. The third kappa shape index (κ3) is 3.72. The van der Waals surface area contributed by atoms with E-state index >= 15 is 0 Å². The largest absolute Gasteiger partial charge is 0.493 e. The standard InChI is InChI=1S/C15H15BrN2O3/c1-20-13-6-11(12(16)7-14(13)21-2)9-18-15(19)10-4-3-5-17-8-10/h3-8H,9H2,1-2H3,(H,18,19). The molecule has 0 saturated carbocycles. The molecule has 0 spiro atoms. The Morgan fingerprint density at radius 1 is 1.29 bits per heavy atom. The molecule has 110 valence electrons. The molecule has 0 atom stereocenters. The SMILES string of the molecule is COc1cc(Br)c(CNC(=O)c2cccnc2)cc1OC. The predicted octanol–water partition coefficient (Wildman–Crippen LogP) is 2.79. The molecule has 1 aromatic carbocycles. The maximum Gasteiger partial charge on any atom is 0.253 e. The Hall–Kier alpha value is -2.08. The number of aromatic nitrogens is 1. The van der Waals surface area contributed by atoms with Gasteiger partial charge in [-0.3, -0.25) is 9.78 Å². The third-order valence-electron chi connectivity index (χ3n) is 2.92. The number of rotatable bonds is 5. The number of pyridine rings is 1. The van der Waals surface area contributed by atoms with Crippen LogP contribution >= 0.6 is 15.9 Å². The Labute approximate surface area is 131 Å². The van der Waals surface area contributed by atoms with Crippen molar-refractivity contribution in [1.29, 1.82) is 0 Å². The summed E-state index contributed by atoms with van der Waals surface area (Å²) in [5, 5.41) is 2.84. The highest BCUT2D eigenvalue weighted by atomic mass is 79.9. The minimum absolute atomic E-state index is 0.176. The van der Waals surface area contributed by atoms with Crippen LogP contribution in [0.5, 0.6) is 11.5 Å². The van der Waals surface area contributed by atoms with Gasteiger partial charge in [0.1, 0.15) is 0 Å². The summed E-state index contributed by atoms with van der Waals surface area (Å²) in [6.07, 6.45) is 3.15. The number of nitrogens with one attached hydrogen (secondary N) is 1. The second-order valence-corrected chi connectivity index (χ2v) is 5.08. The molecule has 0 aliphatic carbocycles. The number of nitrogens with zero attached hydrogens (tertiary/aromatic N) is 1. The van der Waals surface area contributed by atoms with Crippen LogP contribution in [0.4, 0.5) is 0 Å². The first-order chi connectivity index (χ1) is 10.2. The van der Waals surface area contributed by atoms with Gasteiger partial charge in [0.05, 0.1) is 19.8 Å². The van der Waals surface area contributed by atoms with Gasteiger partial charge in [0.25, 0.3) is 5.91 Å². The van der Waals surface area contributed by atoms with Crippen LogP contribution in [0.2, 0.25) is 0 Å².